The van der Waals surface area contributed by atoms with Crippen molar-refractivity contribution in [2.45, 2.75) is 31.7 Å². The Balaban J connectivity index is 1.52. The van der Waals surface area contributed by atoms with E-state index in [4.69, 9.17) is 0 Å². The molecular formula is C22H20FNOS. The van der Waals surface area contributed by atoms with Crippen molar-refractivity contribution in [2.75, 3.05) is 0 Å². The number of benzene rings is 2. The molecule has 0 saturated carbocycles. The SMILES string of the molecule is O=C(Cc1ccc2c(c1)CCC2)N[C@@H](c1ccc(F)cc1)c1cccs1. The van der Waals surface area contributed by atoms with Crippen molar-refractivity contribution < 1.29 is 9.18 Å². The molecule has 1 amide bonds. The fourth-order valence-electron chi connectivity index (χ4n) is 3.56. The maximum atomic E-state index is 13.3. The Bertz CT molecular complexity index is 902. The van der Waals surface area contributed by atoms with Crippen LogP contribution in [0.1, 0.15) is 39.6 Å². The average molecular weight is 365 g/mol. The molecule has 3 aromatic rings. The predicted molar refractivity (Wildman–Crippen MR) is 103 cm³/mol. The smallest absolute Gasteiger partial charge is 0.225 e. The standard InChI is InChI=1S/C22H20FNOS/c23-19-10-8-17(9-11-19)22(20-5-2-12-26-20)24-21(25)14-15-6-7-16-3-1-4-18(16)13-15/h2,5-13,22H,1,3-4,14H2,(H,24,25)/t22-/m0/s1. The summed E-state index contributed by atoms with van der Waals surface area (Å²) in [5, 5.41) is 5.11. The molecule has 0 bridgehead atoms. The number of thiophene rings is 1. The van der Waals surface area contributed by atoms with Crippen molar-refractivity contribution in [3.63, 3.8) is 0 Å². The minimum atomic E-state index is -0.275. The molecule has 132 valence electrons. The van der Waals surface area contributed by atoms with Crippen LogP contribution < -0.4 is 5.32 Å². The summed E-state index contributed by atoms with van der Waals surface area (Å²) in [6.07, 6.45) is 3.82. The number of halogens is 1. The van der Waals surface area contributed by atoms with E-state index < -0.39 is 0 Å². The van der Waals surface area contributed by atoms with Gasteiger partial charge in [0.1, 0.15) is 5.82 Å². The van der Waals surface area contributed by atoms with Crippen LogP contribution in [0.3, 0.4) is 0 Å². The van der Waals surface area contributed by atoms with Gasteiger partial charge in [-0.25, -0.2) is 4.39 Å². The molecule has 4 rings (SSSR count). The molecule has 1 N–H and O–H groups in total. The van der Waals surface area contributed by atoms with Gasteiger partial charge < -0.3 is 5.32 Å². The first-order valence-electron chi connectivity index (χ1n) is 8.88. The van der Waals surface area contributed by atoms with Gasteiger partial charge in [-0.15, -0.1) is 11.3 Å². The van der Waals surface area contributed by atoms with E-state index in [1.54, 1.807) is 23.5 Å². The maximum Gasteiger partial charge on any atom is 0.225 e. The molecule has 26 heavy (non-hydrogen) atoms. The minimum absolute atomic E-state index is 0.0225. The molecule has 1 aliphatic rings. The molecule has 0 aliphatic heterocycles. The second-order valence-electron chi connectivity index (χ2n) is 6.70. The lowest BCUT2D eigenvalue weighted by Gasteiger charge is -2.18. The number of rotatable bonds is 5. The summed E-state index contributed by atoms with van der Waals surface area (Å²) in [5.74, 6) is -0.297. The highest BCUT2D eigenvalue weighted by Crippen LogP contribution is 2.27. The third kappa shape index (κ3) is 3.70. The number of amides is 1. The molecule has 1 atom stereocenters. The third-order valence-electron chi connectivity index (χ3n) is 4.86. The second-order valence-corrected chi connectivity index (χ2v) is 7.68. The molecule has 1 aliphatic carbocycles. The minimum Gasteiger partial charge on any atom is -0.344 e. The third-order valence-corrected chi connectivity index (χ3v) is 5.80. The monoisotopic (exact) mass is 365 g/mol. The maximum absolute atomic E-state index is 13.3. The number of nitrogens with one attached hydrogen (secondary N) is 1. The first-order chi connectivity index (χ1) is 12.7. The first kappa shape index (κ1) is 17.0. The number of hydrogen-bond donors (Lipinski definition) is 1. The Morgan fingerprint density at radius 2 is 1.88 bits per heavy atom. The van der Waals surface area contributed by atoms with Crippen molar-refractivity contribution >= 4 is 17.2 Å². The molecule has 1 aromatic heterocycles. The largest absolute Gasteiger partial charge is 0.344 e. The van der Waals surface area contributed by atoms with Crippen LogP contribution in [0.4, 0.5) is 4.39 Å². The molecular weight excluding hydrogens is 345 g/mol. The fourth-order valence-corrected chi connectivity index (χ4v) is 4.36. The van der Waals surface area contributed by atoms with Crippen LogP contribution in [-0.4, -0.2) is 5.91 Å². The Morgan fingerprint density at radius 3 is 2.65 bits per heavy atom. The highest BCUT2D eigenvalue weighted by atomic mass is 32.1. The topological polar surface area (TPSA) is 29.1 Å². The fraction of sp³-hybridized carbons (Fsp3) is 0.227. The van der Waals surface area contributed by atoms with E-state index in [9.17, 15) is 9.18 Å². The van der Waals surface area contributed by atoms with E-state index in [0.717, 1.165) is 28.8 Å². The molecule has 2 aromatic carbocycles. The van der Waals surface area contributed by atoms with Gasteiger partial charge in [0.25, 0.3) is 0 Å². The lowest BCUT2D eigenvalue weighted by atomic mass is 10.0. The van der Waals surface area contributed by atoms with Crippen LogP contribution in [0.25, 0.3) is 0 Å². The molecule has 2 nitrogen and oxygen atoms in total. The van der Waals surface area contributed by atoms with E-state index in [0.29, 0.717) is 6.42 Å². The zero-order valence-electron chi connectivity index (χ0n) is 14.4. The van der Waals surface area contributed by atoms with E-state index >= 15 is 0 Å². The molecule has 0 saturated heterocycles. The van der Waals surface area contributed by atoms with Gasteiger partial charge in [-0.3, -0.25) is 4.79 Å². The molecule has 4 heteroatoms. The molecule has 0 fully saturated rings. The van der Waals surface area contributed by atoms with Crippen molar-refractivity contribution in [3.05, 3.63) is 92.9 Å². The molecule has 1 heterocycles. The Kier molecular flexibility index (Phi) is 4.85. The van der Waals surface area contributed by atoms with Crippen LogP contribution >= 0.6 is 11.3 Å². The summed E-state index contributed by atoms with van der Waals surface area (Å²) in [6.45, 7) is 0. The zero-order chi connectivity index (χ0) is 17.9. The summed E-state index contributed by atoms with van der Waals surface area (Å²) < 4.78 is 13.3. The second kappa shape index (κ2) is 7.42. The van der Waals surface area contributed by atoms with Crippen LogP contribution in [0.5, 0.6) is 0 Å². The van der Waals surface area contributed by atoms with Gasteiger partial charge in [0, 0.05) is 4.88 Å². The number of fused-ring (bicyclic) bond motifs is 1. The van der Waals surface area contributed by atoms with Gasteiger partial charge >= 0.3 is 0 Å². The van der Waals surface area contributed by atoms with Crippen LogP contribution in [-0.2, 0) is 24.1 Å². The van der Waals surface area contributed by atoms with Gasteiger partial charge in [0.15, 0.2) is 0 Å². The highest BCUT2D eigenvalue weighted by molar-refractivity contribution is 7.10. The summed E-state index contributed by atoms with van der Waals surface area (Å²) in [6, 6.07) is 16.4. The molecule has 0 spiro atoms. The van der Waals surface area contributed by atoms with Gasteiger partial charge in [0.05, 0.1) is 12.5 Å². The Hall–Kier alpha value is -2.46. The van der Waals surface area contributed by atoms with Gasteiger partial charge in [0.2, 0.25) is 5.91 Å². The molecule has 0 radical (unpaired) electrons. The lowest BCUT2D eigenvalue weighted by molar-refractivity contribution is -0.120. The van der Waals surface area contributed by atoms with E-state index in [1.807, 2.05) is 17.5 Å². The zero-order valence-corrected chi connectivity index (χ0v) is 15.2. The van der Waals surface area contributed by atoms with Crippen LogP contribution in [0, 0.1) is 5.82 Å². The lowest BCUT2D eigenvalue weighted by Crippen LogP contribution is -2.30. The Labute approximate surface area is 156 Å². The van der Waals surface area contributed by atoms with Crippen molar-refractivity contribution in [1.29, 1.82) is 0 Å². The van der Waals surface area contributed by atoms with E-state index in [-0.39, 0.29) is 17.8 Å². The van der Waals surface area contributed by atoms with Crippen molar-refractivity contribution in [2.24, 2.45) is 0 Å². The van der Waals surface area contributed by atoms with E-state index in [1.165, 1.54) is 29.7 Å². The number of hydrogen-bond acceptors (Lipinski definition) is 2. The number of carbonyl (C=O) groups is 1. The van der Waals surface area contributed by atoms with Gasteiger partial charge in [-0.05, 0) is 65.1 Å². The number of aryl methyl sites for hydroxylation is 2. The first-order valence-corrected chi connectivity index (χ1v) is 9.76. The predicted octanol–water partition coefficient (Wildman–Crippen LogP) is 4.82. The molecule has 0 unspecified atom stereocenters. The highest BCUT2D eigenvalue weighted by Gasteiger charge is 2.19. The van der Waals surface area contributed by atoms with Gasteiger partial charge in [-0.2, -0.15) is 0 Å². The van der Waals surface area contributed by atoms with Crippen LogP contribution in [0.15, 0.2) is 60.0 Å². The van der Waals surface area contributed by atoms with Crippen LogP contribution in [0.2, 0.25) is 0 Å². The summed E-state index contributed by atoms with van der Waals surface area (Å²) in [7, 11) is 0. The van der Waals surface area contributed by atoms with Gasteiger partial charge in [-0.1, -0.05) is 36.4 Å². The summed E-state index contributed by atoms with van der Waals surface area (Å²) >= 11 is 1.59. The van der Waals surface area contributed by atoms with Crippen molar-refractivity contribution in [3.8, 4) is 0 Å². The quantitative estimate of drug-likeness (QED) is 0.690. The van der Waals surface area contributed by atoms with Crippen molar-refractivity contribution in [1.82, 2.24) is 5.32 Å². The number of carbonyl (C=O) groups excluding carboxylic acids is 1. The Morgan fingerprint density at radius 1 is 1.08 bits per heavy atom. The van der Waals surface area contributed by atoms with E-state index in [2.05, 4.69) is 23.5 Å². The normalized spacial score (nSPS) is 14.0. The summed E-state index contributed by atoms with van der Waals surface area (Å²) in [4.78, 5) is 13.7. The summed E-state index contributed by atoms with van der Waals surface area (Å²) in [5.41, 5.74) is 4.73. The average Bonchev–Trinajstić information content (AvgIpc) is 3.32.